The van der Waals surface area contributed by atoms with Gasteiger partial charge in [-0.3, -0.25) is 4.79 Å². The van der Waals surface area contributed by atoms with Crippen molar-refractivity contribution in [1.82, 2.24) is 10.1 Å². The van der Waals surface area contributed by atoms with Crippen LogP contribution in [0.3, 0.4) is 0 Å². The summed E-state index contributed by atoms with van der Waals surface area (Å²) >= 11 is 0. The summed E-state index contributed by atoms with van der Waals surface area (Å²) in [5.74, 6) is 0.646. The van der Waals surface area contributed by atoms with Gasteiger partial charge in [-0.15, -0.1) is 0 Å². The van der Waals surface area contributed by atoms with Gasteiger partial charge in [-0.1, -0.05) is 35.5 Å². The van der Waals surface area contributed by atoms with E-state index < -0.39 is 0 Å². The minimum absolute atomic E-state index is 0.140. The molecule has 1 aromatic carbocycles. The van der Waals surface area contributed by atoms with Crippen LogP contribution in [-0.2, 0) is 0 Å². The first-order chi connectivity index (χ1) is 9.24. The van der Waals surface area contributed by atoms with Gasteiger partial charge in [0.1, 0.15) is 0 Å². The zero-order valence-electron chi connectivity index (χ0n) is 10.4. The van der Waals surface area contributed by atoms with Crippen molar-refractivity contribution < 1.29 is 4.52 Å². The number of pyridine rings is 1. The van der Waals surface area contributed by atoms with Crippen molar-refractivity contribution >= 4 is 0 Å². The Morgan fingerprint density at radius 2 is 1.89 bits per heavy atom. The van der Waals surface area contributed by atoms with Crippen LogP contribution in [-0.4, -0.2) is 10.1 Å². The van der Waals surface area contributed by atoms with Gasteiger partial charge in [0.2, 0.25) is 5.56 Å². The molecule has 0 unspecified atom stereocenters. The number of nitrogens with zero attached hydrogens (tertiary/aromatic N) is 1. The smallest absolute Gasteiger partial charge is 0.248 e. The molecule has 4 nitrogen and oxygen atoms in total. The topological polar surface area (TPSA) is 58.9 Å². The molecule has 3 rings (SSSR count). The van der Waals surface area contributed by atoms with Crippen molar-refractivity contribution in [2.75, 3.05) is 0 Å². The van der Waals surface area contributed by atoms with Crippen LogP contribution in [0, 0.1) is 6.92 Å². The summed E-state index contributed by atoms with van der Waals surface area (Å²) in [6.07, 6.45) is 0. The summed E-state index contributed by atoms with van der Waals surface area (Å²) in [7, 11) is 0. The number of aromatic amines is 1. The third kappa shape index (κ3) is 2.20. The SMILES string of the molecule is Cc1cc(-c2ccc(=O)[nH]c2-c2ccccc2)on1. The second kappa shape index (κ2) is 4.57. The minimum Gasteiger partial charge on any atom is -0.356 e. The minimum atomic E-state index is -0.140. The fraction of sp³-hybridized carbons (Fsp3) is 0.0667. The second-order valence-corrected chi connectivity index (χ2v) is 4.31. The van der Waals surface area contributed by atoms with Crippen molar-refractivity contribution in [2.45, 2.75) is 6.92 Å². The van der Waals surface area contributed by atoms with Gasteiger partial charge in [0.15, 0.2) is 5.76 Å². The predicted octanol–water partition coefficient (Wildman–Crippen LogP) is 3.01. The molecule has 94 valence electrons. The summed E-state index contributed by atoms with van der Waals surface area (Å²) in [6, 6.07) is 14.8. The molecule has 0 fully saturated rings. The van der Waals surface area contributed by atoms with Crippen LogP contribution in [0.1, 0.15) is 5.69 Å². The molecule has 0 saturated carbocycles. The second-order valence-electron chi connectivity index (χ2n) is 4.31. The van der Waals surface area contributed by atoms with E-state index in [1.54, 1.807) is 6.07 Å². The number of H-pyrrole nitrogens is 1. The number of hydrogen-bond acceptors (Lipinski definition) is 3. The van der Waals surface area contributed by atoms with E-state index in [-0.39, 0.29) is 5.56 Å². The maximum Gasteiger partial charge on any atom is 0.248 e. The van der Waals surface area contributed by atoms with Gasteiger partial charge >= 0.3 is 0 Å². The van der Waals surface area contributed by atoms with Crippen LogP contribution in [0.25, 0.3) is 22.6 Å². The lowest BCUT2D eigenvalue weighted by Gasteiger charge is -2.06. The Morgan fingerprint density at radius 3 is 2.58 bits per heavy atom. The number of hydrogen-bond donors (Lipinski definition) is 1. The van der Waals surface area contributed by atoms with Gasteiger partial charge in [-0.2, -0.15) is 0 Å². The fourth-order valence-electron chi connectivity index (χ4n) is 2.00. The molecular formula is C15H12N2O2. The first kappa shape index (κ1) is 11.5. The van der Waals surface area contributed by atoms with Gasteiger partial charge in [-0.25, -0.2) is 0 Å². The lowest BCUT2D eigenvalue weighted by molar-refractivity contribution is 0.427. The monoisotopic (exact) mass is 252 g/mol. The van der Waals surface area contributed by atoms with Gasteiger partial charge in [-0.05, 0) is 18.6 Å². The highest BCUT2D eigenvalue weighted by atomic mass is 16.5. The predicted molar refractivity (Wildman–Crippen MR) is 72.7 cm³/mol. The summed E-state index contributed by atoms with van der Waals surface area (Å²) in [5.41, 5.74) is 3.17. The number of aromatic nitrogens is 2. The number of nitrogens with one attached hydrogen (secondary N) is 1. The third-order valence-corrected chi connectivity index (χ3v) is 2.87. The highest BCUT2D eigenvalue weighted by molar-refractivity contribution is 5.77. The standard InChI is InChI=1S/C15H12N2O2/c1-10-9-13(19-17-10)12-7-8-14(18)16-15(12)11-5-3-2-4-6-11/h2-9H,1H3,(H,16,18). The quantitative estimate of drug-likeness (QED) is 0.762. The number of aryl methyl sites for hydroxylation is 1. The van der Waals surface area contributed by atoms with Gasteiger partial charge in [0.25, 0.3) is 0 Å². The van der Waals surface area contributed by atoms with E-state index in [1.165, 1.54) is 6.07 Å². The molecule has 0 bridgehead atoms. The molecule has 0 aliphatic heterocycles. The maximum atomic E-state index is 11.6. The van der Waals surface area contributed by atoms with Gasteiger partial charge in [0, 0.05) is 17.7 Å². The fourth-order valence-corrected chi connectivity index (χ4v) is 2.00. The first-order valence-electron chi connectivity index (χ1n) is 5.96. The number of benzene rings is 1. The third-order valence-electron chi connectivity index (χ3n) is 2.87. The van der Waals surface area contributed by atoms with Crippen molar-refractivity contribution in [2.24, 2.45) is 0 Å². The van der Waals surface area contributed by atoms with Crippen LogP contribution >= 0.6 is 0 Å². The highest BCUT2D eigenvalue weighted by Gasteiger charge is 2.12. The van der Waals surface area contributed by atoms with E-state index >= 15 is 0 Å². The van der Waals surface area contributed by atoms with Crippen molar-refractivity contribution in [3.63, 3.8) is 0 Å². The van der Waals surface area contributed by atoms with Crippen LogP contribution in [0.2, 0.25) is 0 Å². The van der Waals surface area contributed by atoms with Gasteiger partial charge in [0.05, 0.1) is 11.4 Å². The summed E-state index contributed by atoms with van der Waals surface area (Å²) in [5, 5.41) is 3.88. The van der Waals surface area contributed by atoms with E-state index in [1.807, 2.05) is 43.3 Å². The lowest BCUT2D eigenvalue weighted by Crippen LogP contribution is -2.05. The van der Waals surface area contributed by atoms with E-state index in [2.05, 4.69) is 10.1 Å². The van der Waals surface area contributed by atoms with Crippen LogP contribution in [0.5, 0.6) is 0 Å². The molecule has 0 aliphatic carbocycles. The molecule has 0 saturated heterocycles. The van der Waals surface area contributed by atoms with Crippen LogP contribution in [0.4, 0.5) is 0 Å². The van der Waals surface area contributed by atoms with E-state index in [0.29, 0.717) is 5.76 Å². The van der Waals surface area contributed by atoms with E-state index in [9.17, 15) is 4.79 Å². The Morgan fingerprint density at radius 1 is 1.11 bits per heavy atom. The Bertz CT molecular complexity index is 757. The molecule has 2 heterocycles. The summed E-state index contributed by atoms with van der Waals surface area (Å²) in [4.78, 5) is 14.4. The molecule has 0 aliphatic rings. The van der Waals surface area contributed by atoms with Crippen molar-refractivity contribution in [3.8, 4) is 22.6 Å². The van der Waals surface area contributed by atoms with Crippen LogP contribution < -0.4 is 5.56 Å². The Kier molecular flexibility index (Phi) is 2.76. The first-order valence-corrected chi connectivity index (χ1v) is 5.96. The zero-order valence-corrected chi connectivity index (χ0v) is 10.4. The molecule has 1 N–H and O–H groups in total. The number of rotatable bonds is 2. The zero-order chi connectivity index (χ0) is 13.2. The molecular weight excluding hydrogens is 240 g/mol. The average Bonchev–Trinajstić information content (AvgIpc) is 2.86. The highest BCUT2D eigenvalue weighted by Crippen LogP contribution is 2.29. The largest absolute Gasteiger partial charge is 0.356 e. The normalized spacial score (nSPS) is 10.6. The Labute approximate surface area is 109 Å². The molecule has 0 amide bonds. The van der Waals surface area contributed by atoms with E-state index in [4.69, 9.17) is 4.52 Å². The van der Waals surface area contributed by atoms with E-state index in [0.717, 1.165) is 22.5 Å². The molecule has 0 radical (unpaired) electrons. The summed E-state index contributed by atoms with van der Waals surface area (Å²) < 4.78 is 5.28. The lowest BCUT2D eigenvalue weighted by atomic mass is 10.0. The van der Waals surface area contributed by atoms with Crippen LogP contribution in [0.15, 0.2) is 57.8 Å². The molecule has 3 aromatic rings. The molecule has 19 heavy (non-hydrogen) atoms. The molecule has 4 heteroatoms. The Balaban J connectivity index is 2.23. The van der Waals surface area contributed by atoms with Gasteiger partial charge < -0.3 is 9.51 Å². The Hall–Kier alpha value is -2.62. The van der Waals surface area contributed by atoms with Crippen molar-refractivity contribution in [1.29, 1.82) is 0 Å². The van der Waals surface area contributed by atoms with Crippen molar-refractivity contribution in [3.05, 3.63) is 64.6 Å². The summed E-state index contributed by atoms with van der Waals surface area (Å²) in [6.45, 7) is 1.86. The maximum absolute atomic E-state index is 11.6. The molecule has 0 spiro atoms. The molecule has 0 atom stereocenters. The molecule has 2 aromatic heterocycles. The average molecular weight is 252 g/mol.